The summed E-state index contributed by atoms with van der Waals surface area (Å²) >= 11 is 0. The maximum atomic E-state index is 11.6. The molecule has 16 heavy (non-hydrogen) atoms. The van der Waals surface area contributed by atoms with E-state index < -0.39 is 10.0 Å². The normalized spacial score (nSPS) is 35.3. The van der Waals surface area contributed by atoms with Gasteiger partial charge in [0.1, 0.15) is 0 Å². The van der Waals surface area contributed by atoms with Gasteiger partial charge in [0.25, 0.3) is 0 Å². The number of nitrogens with zero attached hydrogens (tertiary/aromatic N) is 1. The number of piperidine rings is 1. The van der Waals surface area contributed by atoms with Crippen LogP contribution in [0.15, 0.2) is 0 Å². The average Bonchev–Trinajstić information content (AvgIpc) is 2.57. The van der Waals surface area contributed by atoms with Gasteiger partial charge in [0.15, 0.2) is 0 Å². The van der Waals surface area contributed by atoms with Crippen molar-refractivity contribution in [1.82, 2.24) is 9.62 Å². The topological polar surface area (TPSA) is 69.6 Å². The third-order valence-electron chi connectivity index (χ3n) is 3.54. The van der Waals surface area contributed by atoms with E-state index >= 15 is 0 Å². The molecule has 2 atom stereocenters. The zero-order valence-electron chi connectivity index (χ0n) is 9.43. The molecule has 0 aliphatic carbocycles. The summed E-state index contributed by atoms with van der Waals surface area (Å²) in [5, 5.41) is 12.9. The number of rotatable bonds is 3. The molecule has 2 saturated heterocycles. The number of nitrogens with one attached hydrogen (secondary N) is 1. The molecule has 6 heteroatoms. The van der Waals surface area contributed by atoms with Crippen LogP contribution >= 0.6 is 0 Å². The first-order valence-electron chi connectivity index (χ1n) is 5.96. The van der Waals surface area contributed by atoms with Gasteiger partial charge in [0.05, 0.1) is 11.9 Å². The van der Waals surface area contributed by atoms with Crippen molar-refractivity contribution in [3.8, 4) is 0 Å². The third-order valence-corrected chi connectivity index (χ3v) is 5.50. The Labute approximate surface area is 96.9 Å². The molecule has 2 unspecified atom stereocenters. The molecule has 2 rings (SSSR count). The van der Waals surface area contributed by atoms with E-state index in [2.05, 4.69) is 5.32 Å². The minimum Gasteiger partial charge on any atom is -0.392 e. The Bertz CT molecular complexity index is 331. The summed E-state index contributed by atoms with van der Waals surface area (Å²) in [5.41, 5.74) is 0. The predicted octanol–water partition coefficient (Wildman–Crippen LogP) is -0.618. The van der Waals surface area contributed by atoms with E-state index in [0.717, 1.165) is 25.8 Å². The summed E-state index contributed by atoms with van der Waals surface area (Å²) in [6.45, 7) is 2.79. The first-order chi connectivity index (χ1) is 7.59. The Morgan fingerprint density at radius 1 is 1.44 bits per heavy atom. The van der Waals surface area contributed by atoms with Crippen LogP contribution in [0.4, 0.5) is 0 Å². The molecule has 0 aromatic rings. The molecule has 0 aromatic carbocycles. The van der Waals surface area contributed by atoms with E-state index in [1.54, 1.807) is 4.31 Å². The lowest BCUT2D eigenvalue weighted by molar-refractivity contribution is 0.0745. The standard InChI is InChI=1S/C10H20N2O3S/c13-10-8-11-4-2-9(10)3-6-12-5-1-7-16(12,14)15/h9-11,13H,1-8H2. The van der Waals surface area contributed by atoms with Crippen LogP contribution < -0.4 is 5.32 Å². The van der Waals surface area contributed by atoms with Gasteiger partial charge in [-0.15, -0.1) is 0 Å². The molecular weight excluding hydrogens is 228 g/mol. The number of hydrogen-bond acceptors (Lipinski definition) is 4. The van der Waals surface area contributed by atoms with E-state index in [4.69, 9.17) is 0 Å². The summed E-state index contributed by atoms with van der Waals surface area (Å²) in [7, 11) is -2.97. The minimum absolute atomic E-state index is 0.247. The highest BCUT2D eigenvalue weighted by Crippen LogP contribution is 2.20. The van der Waals surface area contributed by atoms with E-state index in [0.29, 0.717) is 25.4 Å². The van der Waals surface area contributed by atoms with Gasteiger partial charge in [-0.2, -0.15) is 0 Å². The van der Waals surface area contributed by atoms with Crippen molar-refractivity contribution >= 4 is 10.0 Å². The largest absolute Gasteiger partial charge is 0.392 e. The molecule has 94 valence electrons. The number of aliphatic hydroxyl groups is 1. The summed E-state index contributed by atoms with van der Waals surface area (Å²) in [4.78, 5) is 0. The molecule has 5 nitrogen and oxygen atoms in total. The number of hydrogen-bond donors (Lipinski definition) is 2. The van der Waals surface area contributed by atoms with Gasteiger partial charge in [-0.1, -0.05) is 0 Å². The summed E-state index contributed by atoms with van der Waals surface area (Å²) < 4.78 is 24.7. The molecule has 2 heterocycles. The van der Waals surface area contributed by atoms with E-state index in [1.165, 1.54) is 0 Å². The molecular formula is C10H20N2O3S. The second kappa shape index (κ2) is 5.00. The van der Waals surface area contributed by atoms with Gasteiger partial charge in [-0.05, 0) is 31.7 Å². The first-order valence-corrected chi connectivity index (χ1v) is 7.57. The van der Waals surface area contributed by atoms with Crippen LogP contribution in [0.25, 0.3) is 0 Å². The lowest BCUT2D eigenvalue weighted by Gasteiger charge is -2.29. The molecule has 0 amide bonds. The summed E-state index contributed by atoms with van der Waals surface area (Å²) in [5.74, 6) is 0.541. The van der Waals surface area contributed by atoms with Crippen LogP contribution in [-0.2, 0) is 10.0 Å². The Morgan fingerprint density at radius 3 is 2.88 bits per heavy atom. The molecule has 2 aliphatic rings. The molecule has 0 saturated carbocycles. The molecule has 0 radical (unpaired) electrons. The van der Waals surface area contributed by atoms with Crippen LogP contribution in [0, 0.1) is 5.92 Å². The SMILES string of the molecule is O=S1(=O)CCCN1CCC1CCNCC1O. The van der Waals surface area contributed by atoms with Crippen molar-refractivity contribution < 1.29 is 13.5 Å². The summed E-state index contributed by atoms with van der Waals surface area (Å²) in [6.07, 6.45) is 2.15. The Hall–Kier alpha value is -0.170. The third kappa shape index (κ3) is 2.74. The molecule has 2 aliphatic heterocycles. The molecule has 2 N–H and O–H groups in total. The number of aliphatic hydroxyl groups excluding tert-OH is 1. The van der Waals surface area contributed by atoms with Crippen LogP contribution in [0.1, 0.15) is 19.3 Å². The second-order valence-electron chi connectivity index (χ2n) is 4.68. The minimum atomic E-state index is -2.97. The maximum Gasteiger partial charge on any atom is 0.214 e. The van der Waals surface area contributed by atoms with Gasteiger partial charge in [0.2, 0.25) is 10.0 Å². The van der Waals surface area contributed by atoms with E-state index in [-0.39, 0.29) is 12.0 Å². The van der Waals surface area contributed by atoms with Gasteiger partial charge in [-0.25, -0.2) is 12.7 Å². The zero-order valence-corrected chi connectivity index (χ0v) is 10.2. The monoisotopic (exact) mass is 248 g/mol. The Morgan fingerprint density at radius 2 is 2.25 bits per heavy atom. The zero-order chi connectivity index (χ0) is 11.6. The smallest absolute Gasteiger partial charge is 0.214 e. The van der Waals surface area contributed by atoms with Gasteiger partial charge in [0, 0.05) is 19.6 Å². The average molecular weight is 248 g/mol. The maximum absolute atomic E-state index is 11.6. The van der Waals surface area contributed by atoms with E-state index in [9.17, 15) is 13.5 Å². The summed E-state index contributed by atoms with van der Waals surface area (Å²) in [6, 6.07) is 0. The fourth-order valence-electron chi connectivity index (χ4n) is 2.49. The molecule has 0 bridgehead atoms. The van der Waals surface area contributed by atoms with Crippen LogP contribution in [0.3, 0.4) is 0 Å². The highest BCUT2D eigenvalue weighted by atomic mass is 32.2. The van der Waals surface area contributed by atoms with Gasteiger partial charge < -0.3 is 10.4 Å². The molecule has 0 spiro atoms. The van der Waals surface area contributed by atoms with Crippen molar-refractivity contribution in [1.29, 1.82) is 0 Å². The van der Waals surface area contributed by atoms with Crippen molar-refractivity contribution in [2.45, 2.75) is 25.4 Å². The van der Waals surface area contributed by atoms with Crippen molar-refractivity contribution in [2.24, 2.45) is 5.92 Å². The quantitative estimate of drug-likeness (QED) is 0.698. The highest BCUT2D eigenvalue weighted by Gasteiger charge is 2.30. The molecule has 0 aromatic heterocycles. The van der Waals surface area contributed by atoms with E-state index in [1.807, 2.05) is 0 Å². The van der Waals surface area contributed by atoms with Crippen molar-refractivity contribution in [3.05, 3.63) is 0 Å². The molecule has 2 fully saturated rings. The number of sulfonamides is 1. The van der Waals surface area contributed by atoms with Crippen LogP contribution in [-0.4, -0.2) is 55.9 Å². The predicted molar refractivity (Wildman–Crippen MR) is 61.6 cm³/mol. The lowest BCUT2D eigenvalue weighted by atomic mass is 9.92. The first kappa shape index (κ1) is 12.3. The van der Waals surface area contributed by atoms with Gasteiger partial charge >= 0.3 is 0 Å². The lowest BCUT2D eigenvalue weighted by Crippen LogP contribution is -2.42. The Balaban J connectivity index is 1.82. The number of β-amino-alcohol motifs (C(OH)–C–C–N with tert-alkyl or cyclic N) is 1. The Kier molecular flexibility index (Phi) is 3.84. The van der Waals surface area contributed by atoms with Crippen LogP contribution in [0.5, 0.6) is 0 Å². The van der Waals surface area contributed by atoms with Crippen molar-refractivity contribution in [3.63, 3.8) is 0 Å². The van der Waals surface area contributed by atoms with Gasteiger partial charge in [-0.3, -0.25) is 0 Å². The fraction of sp³-hybridized carbons (Fsp3) is 1.00. The van der Waals surface area contributed by atoms with Crippen LogP contribution in [0.2, 0.25) is 0 Å². The van der Waals surface area contributed by atoms with Crippen molar-refractivity contribution in [2.75, 3.05) is 31.9 Å². The highest BCUT2D eigenvalue weighted by molar-refractivity contribution is 7.89. The fourth-order valence-corrected chi connectivity index (χ4v) is 4.03. The second-order valence-corrected chi connectivity index (χ2v) is 6.77.